The quantitative estimate of drug-likeness (QED) is 0.441. The van der Waals surface area contributed by atoms with E-state index in [0.717, 1.165) is 33.3 Å². The average molecular weight is 435 g/mol. The van der Waals surface area contributed by atoms with Crippen LogP contribution in [0.25, 0.3) is 10.6 Å². The number of hydrogen-bond donors (Lipinski definition) is 2. The van der Waals surface area contributed by atoms with Gasteiger partial charge in [-0.25, -0.2) is 9.98 Å². The number of alkyl halides is 3. The smallest absolute Gasteiger partial charge is 0.386 e. The Morgan fingerprint density at radius 3 is 2.66 bits per heavy atom. The number of rotatable bonds is 3. The fourth-order valence-electron chi connectivity index (χ4n) is 3.20. The molecular weight excluding hydrogens is 417 g/mol. The first-order valence-corrected chi connectivity index (χ1v) is 10.4. The van der Waals surface area contributed by atoms with Crippen LogP contribution in [0.1, 0.15) is 18.1 Å². The van der Waals surface area contributed by atoms with Crippen molar-refractivity contribution in [2.24, 2.45) is 16.5 Å². The number of hydrogen-bond acceptors (Lipinski definition) is 5. The van der Waals surface area contributed by atoms with Crippen molar-refractivity contribution in [1.82, 2.24) is 4.98 Å². The highest BCUT2D eigenvalue weighted by Gasteiger charge is 2.44. The molecular formula is C20H17F3N4S2. The van der Waals surface area contributed by atoms with E-state index in [1.165, 1.54) is 23.9 Å². The van der Waals surface area contributed by atoms with Crippen LogP contribution in [0.4, 0.5) is 18.9 Å². The lowest BCUT2D eigenvalue weighted by Gasteiger charge is -2.26. The Morgan fingerprint density at radius 2 is 1.97 bits per heavy atom. The highest BCUT2D eigenvalue weighted by Crippen LogP contribution is 2.46. The van der Waals surface area contributed by atoms with Gasteiger partial charge in [0.2, 0.25) is 0 Å². The maximum atomic E-state index is 13.0. The SMILES string of the molecule is CC1(N)c2ccc(-c3cccs3)nc2SC1C(N)=Nc1cccc(C(F)(F)F)c1. The number of thiophene rings is 1. The molecule has 4 N–H and O–H groups in total. The van der Waals surface area contributed by atoms with Gasteiger partial charge >= 0.3 is 6.18 Å². The fraction of sp³-hybridized carbons (Fsp3) is 0.200. The molecule has 1 aromatic carbocycles. The molecule has 0 amide bonds. The number of pyridine rings is 1. The third kappa shape index (κ3) is 3.77. The van der Waals surface area contributed by atoms with Crippen LogP contribution < -0.4 is 11.5 Å². The molecule has 0 radical (unpaired) electrons. The molecule has 3 aromatic rings. The molecule has 0 fully saturated rings. The zero-order valence-electron chi connectivity index (χ0n) is 15.3. The highest BCUT2D eigenvalue weighted by molar-refractivity contribution is 8.01. The molecule has 0 spiro atoms. The van der Waals surface area contributed by atoms with Gasteiger partial charge in [0.15, 0.2) is 0 Å². The third-order valence-electron chi connectivity index (χ3n) is 4.69. The Kier molecular flexibility index (Phi) is 4.92. The lowest BCUT2D eigenvalue weighted by molar-refractivity contribution is -0.137. The second-order valence-corrected chi connectivity index (χ2v) is 8.93. The molecule has 3 heterocycles. The minimum atomic E-state index is -4.44. The molecule has 2 atom stereocenters. The van der Waals surface area contributed by atoms with Crippen molar-refractivity contribution >= 4 is 34.6 Å². The van der Waals surface area contributed by atoms with Gasteiger partial charge in [0, 0.05) is 5.56 Å². The Balaban J connectivity index is 1.66. The van der Waals surface area contributed by atoms with Crippen LogP contribution >= 0.6 is 23.1 Å². The number of aromatic nitrogens is 1. The van der Waals surface area contributed by atoms with E-state index in [2.05, 4.69) is 4.99 Å². The van der Waals surface area contributed by atoms with Crippen LogP contribution in [0.5, 0.6) is 0 Å². The zero-order chi connectivity index (χ0) is 20.8. The molecule has 29 heavy (non-hydrogen) atoms. The van der Waals surface area contributed by atoms with Gasteiger partial charge in [-0.1, -0.05) is 30.0 Å². The van der Waals surface area contributed by atoms with Crippen LogP contribution in [-0.2, 0) is 11.7 Å². The van der Waals surface area contributed by atoms with Crippen molar-refractivity contribution in [3.8, 4) is 10.6 Å². The van der Waals surface area contributed by atoms with Crippen molar-refractivity contribution in [3.05, 3.63) is 65.0 Å². The zero-order valence-corrected chi connectivity index (χ0v) is 16.9. The van der Waals surface area contributed by atoms with Gasteiger partial charge < -0.3 is 11.5 Å². The van der Waals surface area contributed by atoms with Gasteiger partial charge in [-0.05, 0) is 42.6 Å². The van der Waals surface area contributed by atoms with Gasteiger partial charge in [-0.15, -0.1) is 11.3 Å². The number of benzene rings is 1. The normalized spacial score (nSPS) is 22.0. The minimum absolute atomic E-state index is 0.136. The first-order chi connectivity index (χ1) is 13.7. The monoisotopic (exact) mass is 434 g/mol. The maximum absolute atomic E-state index is 13.0. The summed E-state index contributed by atoms with van der Waals surface area (Å²) in [6, 6.07) is 12.6. The predicted octanol–water partition coefficient (Wildman–Crippen LogP) is 5.17. The number of amidine groups is 1. The molecule has 0 aliphatic carbocycles. The molecule has 2 unspecified atom stereocenters. The topological polar surface area (TPSA) is 77.3 Å². The van der Waals surface area contributed by atoms with Crippen molar-refractivity contribution in [2.45, 2.75) is 28.9 Å². The molecule has 4 nitrogen and oxygen atoms in total. The number of fused-ring (bicyclic) bond motifs is 1. The Bertz CT molecular complexity index is 1080. The molecule has 2 aromatic heterocycles. The van der Waals surface area contributed by atoms with E-state index in [-0.39, 0.29) is 11.5 Å². The van der Waals surface area contributed by atoms with Crippen LogP contribution in [0.3, 0.4) is 0 Å². The molecule has 0 bridgehead atoms. The predicted molar refractivity (Wildman–Crippen MR) is 111 cm³/mol. The summed E-state index contributed by atoms with van der Waals surface area (Å²) in [5, 5.41) is 2.29. The number of nitrogens with zero attached hydrogens (tertiary/aromatic N) is 2. The molecule has 0 saturated heterocycles. The van der Waals surface area contributed by atoms with E-state index in [1.54, 1.807) is 11.3 Å². The van der Waals surface area contributed by atoms with Gasteiger partial charge in [0.25, 0.3) is 0 Å². The van der Waals surface area contributed by atoms with E-state index in [1.807, 2.05) is 36.6 Å². The third-order valence-corrected chi connectivity index (χ3v) is 7.08. The lowest BCUT2D eigenvalue weighted by atomic mass is 9.90. The van der Waals surface area contributed by atoms with Gasteiger partial charge in [0.05, 0.1) is 32.6 Å². The van der Waals surface area contributed by atoms with Crippen LogP contribution in [0, 0.1) is 0 Å². The van der Waals surface area contributed by atoms with Gasteiger partial charge in [-0.2, -0.15) is 13.2 Å². The molecule has 0 saturated carbocycles. The van der Waals surface area contributed by atoms with Crippen molar-refractivity contribution < 1.29 is 13.2 Å². The molecule has 9 heteroatoms. The van der Waals surface area contributed by atoms with Crippen LogP contribution in [0.2, 0.25) is 0 Å². The van der Waals surface area contributed by atoms with E-state index >= 15 is 0 Å². The summed E-state index contributed by atoms with van der Waals surface area (Å²) in [7, 11) is 0. The summed E-state index contributed by atoms with van der Waals surface area (Å²) in [5.74, 6) is 0.162. The fourth-order valence-corrected chi connectivity index (χ4v) is 5.23. The van der Waals surface area contributed by atoms with Crippen molar-refractivity contribution in [3.63, 3.8) is 0 Å². The van der Waals surface area contributed by atoms with Crippen molar-refractivity contribution in [1.29, 1.82) is 0 Å². The Labute approximate surface area is 173 Å². The maximum Gasteiger partial charge on any atom is 0.416 e. The summed E-state index contributed by atoms with van der Waals surface area (Å²) in [5.41, 5.74) is 13.0. The number of aliphatic imine (C=N–C) groups is 1. The minimum Gasteiger partial charge on any atom is -0.386 e. The van der Waals surface area contributed by atoms with Crippen LogP contribution in [-0.4, -0.2) is 16.1 Å². The number of thioether (sulfide) groups is 1. The first-order valence-electron chi connectivity index (χ1n) is 8.68. The van der Waals surface area contributed by atoms with Crippen LogP contribution in [0.15, 0.2) is 63.9 Å². The standard InChI is InChI=1S/C20H17F3N4S2/c1-19(25)13-7-8-14(15-6-3-9-28-15)27-18(13)29-16(19)17(24)26-12-5-2-4-11(10-12)20(21,22)23/h2-10,16H,25H2,1H3,(H2,24,26). The van der Waals surface area contributed by atoms with E-state index in [0.29, 0.717) is 0 Å². The van der Waals surface area contributed by atoms with E-state index in [9.17, 15) is 13.2 Å². The number of halogens is 3. The second-order valence-electron chi connectivity index (χ2n) is 6.89. The molecule has 4 rings (SSSR count). The van der Waals surface area contributed by atoms with E-state index < -0.39 is 22.5 Å². The molecule has 1 aliphatic heterocycles. The summed E-state index contributed by atoms with van der Waals surface area (Å²) >= 11 is 2.97. The average Bonchev–Trinajstić information content (AvgIpc) is 3.27. The van der Waals surface area contributed by atoms with Crippen molar-refractivity contribution in [2.75, 3.05) is 0 Å². The second kappa shape index (κ2) is 7.16. The Hall–Kier alpha value is -2.36. The largest absolute Gasteiger partial charge is 0.416 e. The van der Waals surface area contributed by atoms with E-state index in [4.69, 9.17) is 16.5 Å². The summed E-state index contributed by atoms with van der Waals surface area (Å²) < 4.78 is 38.9. The summed E-state index contributed by atoms with van der Waals surface area (Å²) in [6.07, 6.45) is -4.44. The first kappa shape index (κ1) is 19.9. The number of nitrogens with two attached hydrogens (primary N) is 2. The summed E-state index contributed by atoms with van der Waals surface area (Å²) in [4.78, 5) is 9.99. The highest BCUT2D eigenvalue weighted by atomic mass is 32.2. The van der Waals surface area contributed by atoms with Gasteiger partial charge in [-0.3, -0.25) is 0 Å². The van der Waals surface area contributed by atoms with Gasteiger partial charge in [0.1, 0.15) is 10.9 Å². The Morgan fingerprint density at radius 1 is 1.17 bits per heavy atom. The molecule has 1 aliphatic rings. The lowest BCUT2D eigenvalue weighted by Crippen LogP contribution is -2.47. The summed E-state index contributed by atoms with van der Waals surface area (Å²) in [6.45, 7) is 1.83. The molecule has 150 valence electrons.